The second-order valence-electron chi connectivity index (χ2n) is 12.5. The summed E-state index contributed by atoms with van der Waals surface area (Å²) in [4.78, 5) is 2.48. The van der Waals surface area contributed by atoms with Gasteiger partial charge in [-0.2, -0.15) is 0 Å². The molecule has 0 unspecified atom stereocenters. The van der Waals surface area contributed by atoms with Gasteiger partial charge in [0, 0.05) is 36.6 Å². The number of fused-ring (bicyclic) bond motifs is 10. The predicted octanol–water partition coefficient (Wildman–Crippen LogP) is 13.8. The van der Waals surface area contributed by atoms with Crippen molar-refractivity contribution in [3.63, 3.8) is 0 Å². The number of hydrogen-bond donors (Lipinski definition) is 0. The summed E-state index contributed by atoms with van der Waals surface area (Å²) >= 11 is 1.87. The van der Waals surface area contributed by atoms with E-state index in [1.54, 1.807) is 0 Å². The third kappa shape index (κ3) is 4.17. The molecule has 0 radical (unpaired) electrons. The van der Waals surface area contributed by atoms with E-state index in [9.17, 15) is 0 Å². The van der Waals surface area contributed by atoms with Crippen LogP contribution in [0.2, 0.25) is 0 Å². The van der Waals surface area contributed by atoms with Crippen molar-refractivity contribution in [1.29, 1.82) is 0 Å². The number of rotatable bonds is 4. The molecule has 0 aliphatic heterocycles. The number of hydrogen-bond acceptors (Lipinski definition) is 2. The third-order valence-corrected chi connectivity index (χ3v) is 10.9. The smallest absolute Gasteiger partial charge is 0.0540 e. The maximum absolute atomic E-state index is 2.48. The Balaban J connectivity index is 1.30. The monoisotopic (exact) mass is 627 g/mol. The van der Waals surface area contributed by atoms with Crippen molar-refractivity contribution in [2.75, 3.05) is 4.90 Å². The molecule has 0 aliphatic rings. The van der Waals surface area contributed by atoms with Gasteiger partial charge in [-0.3, -0.25) is 0 Å². The van der Waals surface area contributed by atoms with E-state index < -0.39 is 0 Å². The summed E-state index contributed by atoms with van der Waals surface area (Å²) in [6.45, 7) is 0. The molecule has 2 heteroatoms. The maximum Gasteiger partial charge on any atom is 0.0540 e. The molecule has 1 heterocycles. The van der Waals surface area contributed by atoms with E-state index in [-0.39, 0.29) is 0 Å². The molecular weight excluding hydrogens is 599 g/mol. The lowest BCUT2D eigenvalue weighted by Gasteiger charge is -2.29. The number of nitrogens with zero attached hydrogens (tertiary/aromatic N) is 1. The van der Waals surface area contributed by atoms with Gasteiger partial charge in [-0.05, 0) is 79.8 Å². The van der Waals surface area contributed by atoms with Gasteiger partial charge in [0.25, 0.3) is 0 Å². The summed E-state index contributed by atoms with van der Waals surface area (Å²) < 4.78 is 2.65. The predicted molar refractivity (Wildman–Crippen MR) is 209 cm³/mol. The summed E-state index contributed by atoms with van der Waals surface area (Å²) in [6, 6.07) is 64.5. The van der Waals surface area contributed by atoms with Crippen molar-refractivity contribution in [1.82, 2.24) is 0 Å². The van der Waals surface area contributed by atoms with Gasteiger partial charge in [0.15, 0.2) is 0 Å². The molecule has 0 atom stereocenters. The Morgan fingerprint density at radius 1 is 0.333 bits per heavy atom. The van der Waals surface area contributed by atoms with Crippen LogP contribution < -0.4 is 4.90 Å². The zero-order valence-corrected chi connectivity index (χ0v) is 26.9. The van der Waals surface area contributed by atoms with E-state index in [0.717, 1.165) is 11.4 Å². The Hall–Kier alpha value is -5.96. The molecule has 224 valence electrons. The molecule has 0 aliphatic carbocycles. The van der Waals surface area contributed by atoms with Crippen molar-refractivity contribution in [2.45, 2.75) is 0 Å². The second-order valence-corrected chi connectivity index (χ2v) is 13.6. The van der Waals surface area contributed by atoms with Gasteiger partial charge >= 0.3 is 0 Å². The van der Waals surface area contributed by atoms with Gasteiger partial charge in [0.2, 0.25) is 0 Å². The first kappa shape index (κ1) is 27.2. The fourth-order valence-electron chi connectivity index (χ4n) is 7.67. The Morgan fingerprint density at radius 3 is 1.77 bits per heavy atom. The molecule has 0 amide bonds. The van der Waals surface area contributed by atoms with Crippen LogP contribution in [0.5, 0.6) is 0 Å². The van der Waals surface area contributed by atoms with Crippen LogP contribution in [-0.4, -0.2) is 0 Å². The molecule has 0 saturated heterocycles. The van der Waals surface area contributed by atoms with Crippen LogP contribution in [0.15, 0.2) is 176 Å². The summed E-state index contributed by atoms with van der Waals surface area (Å²) in [6.07, 6.45) is 0. The SMILES string of the molecule is c1ccc(-c2cccc(N(c3cccc4c3ccc3ccc5ccccc5c34)c3cccc4c3ccc3sc5ccccc5c34)c2)cc1. The molecule has 0 N–H and O–H groups in total. The normalized spacial score (nSPS) is 11.8. The first-order valence-electron chi connectivity index (χ1n) is 16.4. The quantitative estimate of drug-likeness (QED) is 0.176. The summed E-state index contributed by atoms with van der Waals surface area (Å²) in [5, 5.41) is 12.8. The van der Waals surface area contributed by atoms with Crippen LogP contribution in [0.25, 0.3) is 74.4 Å². The maximum atomic E-state index is 2.48. The summed E-state index contributed by atoms with van der Waals surface area (Å²) in [5.41, 5.74) is 5.86. The highest BCUT2D eigenvalue weighted by Gasteiger charge is 2.20. The van der Waals surface area contributed by atoms with Crippen LogP contribution in [0.4, 0.5) is 17.1 Å². The van der Waals surface area contributed by atoms with Crippen molar-refractivity contribution in [2.24, 2.45) is 0 Å². The Bertz CT molecular complexity index is 2850. The molecule has 1 nitrogen and oxygen atoms in total. The van der Waals surface area contributed by atoms with Gasteiger partial charge in [-0.1, -0.05) is 140 Å². The van der Waals surface area contributed by atoms with Gasteiger partial charge in [-0.15, -0.1) is 11.3 Å². The standard InChI is InChI=1S/C46H29NS/c1-2-11-30(12-3-1)33-14-8-15-34(29-33)47(42-21-10-19-39-37(42)27-28-44-46(39)40-17-6-7-22-43(40)48-44)41-20-9-18-38-36(41)26-25-32-24-23-31-13-4-5-16-35(31)45(32)38/h1-29H. The van der Waals surface area contributed by atoms with E-state index in [2.05, 4.69) is 181 Å². The molecule has 0 saturated carbocycles. The van der Waals surface area contributed by atoms with Crippen LogP contribution in [0.1, 0.15) is 0 Å². The minimum absolute atomic E-state index is 1.13. The van der Waals surface area contributed by atoms with Gasteiger partial charge in [0.05, 0.1) is 11.4 Å². The van der Waals surface area contributed by atoms with Crippen molar-refractivity contribution < 1.29 is 0 Å². The second kappa shape index (κ2) is 10.8. The van der Waals surface area contributed by atoms with Crippen LogP contribution in [0.3, 0.4) is 0 Å². The topological polar surface area (TPSA) is 3.24 Å². The molecule has 10 aromatic rings. The van der Waals surface area contributed by atoms with Crippen molar-refractivity contribution in [3.8, 4) is 11.1 Å². The first-order chi connectivity index (χ1) is 23.8. The highest BCUT2D eigenvalue weighted by Crippen LogP contribution is 2.47. The van der Waals surface area contributed by atoms with Gasteiger partial charge in [-0.25, -0.2) is 0 Å². The average molecular weight is 628 g/mol. The minimum atomic E-state index is 1.13. The zero-order valence-electron chi connectivity index (χ0n) is 26.1. The fraction of sp³-hybridized carbons (Fsp3) is 0. The Kier molecular flexibility index (Phi) is 6.12. The van der Waals surface area contributed by atoms with Crippen molar-refractivity contribution >= 4 is 91.7 Å². The molecule has 0 fully saturated rings. The van der Waals surface area contributed by atoms with Gasteiger partial charge < -0.3 is 4.90 Å². The highest BCUT2D eigenvalue weighted by molar-refractivity contribution is 7.26. The molecule has 0 spiro atoms. The molecule has 10 rings (SSSR count). The molecule has 9 aromatic carbocycles. The lowest BCUT2D eigenvalue weighted by atomic mass is 9.95. The minimum Gasteiger partial charge on any atom is -0.309 e. The Labute approximate surface area is 282 Å². The van der Waals surface area contributed by atoms with Crippen LogP contribution >= 0.6 is 11.3 Å². The van der Waals surface area contributed by atoms with E-state index in [0.29, 0.717) is 0 Å². The number of anilines is 3. The van der Waals surface area contributed by atoms with E-state index >= 15 is 0 Å². The Morgan fingerprint density at radius 2 is 0.938 bits per heavy atom. The van der Waals surface area contributed by atoms with E-state index in [4.69, 9.17) is 0 Å². The first-order valence-corrected chi connectivity index (χ1v) is 17.3. The van der Waals surface area contributed by atoms with E-state index in [1.807, 2.05) is 11.3 Å². The molecule has 48 heavy (non-hydrogen) atoms. The molecule has 0 bridgehead atoms. The fourth-order valence-corrected chi connectivity index (χ4v) is 8.79. The zero-order chi connectivity index (χ0) is 31.6. The summed E-state index contributed by atoms with van der Waals surface area (Å²) in [5.74, 6) is 0. The van der Waals surface area contributed by atoms with Crippen LogP contribution in [0, 0.1) is 0 Å². The lowest BCUT2D eigenvalue weighted by molar-refractivity contribution is 1.31. The van der Waals surface area contributed by atoms with Crippen LogP contribution in [-0.2, 0) is 0 Å². The lowest BCUT2D eigenvalue weighted by Crippen LogP contribution is -2.11. The molecular formula is C46H29NS. The number of benzene rings is 9. The summed E-state index contributed by atoms with van der Waals surface area (Å²) in [7, 11) is 0. The van der Waals surface area contributed by atoms with Crippen molar-refractivity contribution in [3.05, 3.63) is 176 Å². The third-order valence-electron chi connectivity index (χ3n) is 9.81. The van der Waals surface area contributed by atoms with Gasteiger partial charge in [0.1, 0.15) is 0 Å². The average Bonchev–Trinajstić information content (AvgIpc) is 3.55. The highest BCUT2D eigenvalue weighted by atomic mass is 32.1. The molecule has 1 aromatic heterocycles. The van der Waals surface area contributed by atoms with E-state index in [1.165, 1.54) is 80.1 Å². The largest absolute Gasteiger partial charge is 0.309 e. The number of thiophene rings is 1.